The highest BCUT2D eigenvalue weighted by Crippen LogP contribution is 2.48. The molecule has 276 valence electrons. The van der Waals surface area contributed by atoms with Gasteiger partial charge in [-0.15, -0.1) is 11.3 Å². The number of alkyl halides is 4. The molecular formula is C35H35F6N7O3S. The molecule has 3 aliphatic rings. The molecule has 2 N–H and O–H groups in total. The number of ether oxygens (including phenoxy) is 2. The molecule has 4 aromatic rings. The second kappa shape index (κ2) is 13.1. The maximum atomic E-state index is 17.2. The van der Waals surface area contributed by atoms with Crippen LogP contribution >= 0.6 is 11.3 Å². The van der Waals surface area contributed by atoms with Gasteiger partial charge in [0.25, 0.3) is 0 Å². The molecule has 7 rings (SSSR count). The minimum Gasteiger partial charge on any atom is -0.461 e. The van der Waals surface area contributed by atoms with Gasteiger partial charge in [0, 0.05) is 42.4 Å². The number of hydrogen-bond acceptors (Lipinski definition) is 10. The molecule has 1 amide bonds. The highest BCUT2D eigenvalue weighted by Gasteiger charge is 2.49. The lowest BCUT2D eigenvalue weighted by Gasteiger charge is -2.34. The largest absolute Gasteiger partial charge is 0.461 e. The van der Waals surface area contributed by atoms with E-state index in [9.17, 15) is 18.8 Å². The van der Waals surface area contributed by atoms with Crippen LogP contribution in [-0.4, -0.2) is 89.6 Å². The number of halogens is 6. The summed E-state index contributed by atoms with van der Waals surface area (Å²) in [6.45, 7) is 4.91. The van der Waals surface area contributed by atoms with Crippen LogP contribution in [0.2, 0.25) is 0 Å². The fraction of sp³-hybridized carbons (Fsp3) is 0.486. The van der Waals surface area contributed by atoms with E-state index in [1.165, 1.54) is 12.0 Å². The molecule has 2 aromatic heterocycles. The molecule has 10 nitrogen and oxygen atoms in total. The maximum absolute atomic E-state index is 17.2. The summed E-state index contributed by atoms with van der Waals surface area (Å²) >= 11 is 0.674. The quantitative estimate of drug-likeness (QED) is 0.195. The van der Waals surface area contributed by atoms with Crippen molar-refractivity contribution in [3.05, 3.63) is 41.0 Å². The van der Waals surface area contributed by atoms with Gasteiger partial charge in [0.2, 0.25) is 0 Å². The predicted octanol–water partition coefficient (Wildman–Crippen LogP) is 7.27. The van der Waals surface area contributed by atoms with E-state index in [1.807, 2.05) is 11.0 Å². The number of nitrogens with two attached hydrogens (primary N) is 1. The summed E-state index contributed by atoms with van der Waals surface area (Å²) in [5, 5.41) is 9.20. The van der Waals surface area contributed by atoms with E-state index in [4.69, 9.17) is 15.2 Å². The van der Waals surface area contributed by atoms with Gasteiger partial charge in [0.15, 0.2) is 5.82 Å². The highest BCUT2D eigenvalue weighted by molar-refractivity contribution is 7.23. The van der Waals surface area contributed by atoms with Crippen LogP contribution in [0.3, 0.4) is 0 Å². The van der Waals surface area contributed by atoms with Crippen molar-refractivity contribution in [1.29, 1.82) is 5.26 Å². The Bertz CT molecular complexity index is 2120. The molecule has 0 radical (unpaired) electrons. The van der Waals surface area contributed by atoms with Crippen LogP contribution in [0.5, 0.6) is 6.01 Å². The maximum Gasteiger partial charge on any atom is 0.417 e. The average Bonchev–Trinajstić information content (AvgIpc) is 3.85. The number of fused-ring (bicyclic) bond motifs is 3. The van der Waals surface area contributed by atoms with Crippen molar-refractivity contribution in [1.82, 2.24) is 19.8 Å². The Labute approximate surface area is 298 Å². The average molecular weight is 748 g/mol. The second-order valence-electron chi connectivity index (χ2n) is 13.5. The molecule has 0 spiro atoms. The third-order valence-corrected chi connectivity index (χ3v) is 11.8. The van der Waals surface area contributed by atoms with Crippen LogP contribution in [0.1, 0.15) is 50.7 Å². The van der Waals surface area contributed by atoms with E-state index in [0.717, 1.165) is 24.6 Å². The normalized spacial score (nSPS) is 23.4. The van der Waals surface area contributed by atoms with Crippen LogP contribution in [0.15, 0.2) is 18.2 Å². The summed E-state index contributed by atoms with van der Waals surface area (Å²) in [7, 11) is 1.25. The lowest BCUT2D eigenvalue weighted by atomic mass is 9.92. The molecule has 3 aliphatic heterocycles. The second-order valence-corrected chi connectivity index (χ2v) is 14.6. The number of methoxy groups -OCH3 is 1. The van der Waals surface area contributed by atoms with Crippen molar-refractivity contribution >= 4 is 49.2 Å². The summed E-state index contributed by atoms with van der Waals surface area (Å²) in [5.41, 5.74) is 1.82. The first-order valence-electron chi connectivity index (χ1n) is 16.9. The molecular weight excluding hydrogens is 712 g/mol. The fourth-order valence-corrected chi connectivity index (χ4v) is 9.32. The lowest BCUT2D eigenvalue weighted by molar-refractivity contribution is -0.137. The summed E-state index contributed by atoms with van der Waals surface area (Å²) in [5.74, 6) is -2.28. The predicted molar refractivity (Wildman–Crippen MR) is 183 cm³/mol. The number of hydrogen-bond donors (Lipinski definition) is 1. The number of amides is 1. The summed E-state index contributed by atoms with van der Waals surface area (Å²) < 4.78 is 103. The number of benzene rings is 2. The topological polar surface area (TPSA) is 121 Å². The zero-order valence-corrected chi connectivity index (χ0v) is 29.3. The highest BCUT2D eigenvalue weighted by atomic mass is 32.1. The Kier molecular flexibility index (Phi) is 9.05. The zero-order valence-electron chi connectivity index (χ0n) is 28.5. The Morgan fingerprint density at radius 3 is 2.71 bits per heavy atom. The fourth-order valence-electron chi connectivity index (χ4n) is 8.37. The lowest BCUT2D eigenvalue weighted by Crippen LogP contribution is -2.46. The number of carbonyl (C=O) groups is 1. The number of nitrogen functional groups attached to an aromatic ring is 1. The van der Waals surface area contributed by atoms with Gasteiger partial charge in [-0.3, -0.25) is 4.90 Å². The number of anilines is 2. The molecule has 3 fully saturated rings. The van der Waals surface area contributed by atoms with Crippen molar-refractivity contribution in [3.63, 3.8) is 0 Å². The van der Waals surface area contributed by atoms with E-state index >= 15 is 17.6 Å². The van der Waals surface area contributed by atoms with E-state index in [2.05, 4.69) is 9.97 Å². The Hall–Kier alpha value is -4.56. The molecule has 4 atom stereocenters. The number of likely N-dealkylation sites (N-methyl/N-ethyl adjacent to an activating group) is 1. The zero-order chi connectivity index (χ0) is 37.3. The number of aromatic nitrogens is 2. The molecule has 0 saturated carbocycles. The molecule has 0 bridgehead atoms. The molecule has 4 unspecified atom stereocenters. The van der Waals surface area contributed by atoms with Crippen molar-refractivity contribution in [2.45, 2.75) is 69.5 Å². The van der Waals surface area contributed by atoms with E-state index in [0.29, 0.717) is 37.3 Å². The summed E-state index contributed by atoms with van der Waals surface area (Å²) in [6, 6.07) is 3.20. The third-order valence-electron chi connectivity index (χ3n) is 10.8. The van der Waals surface area contributed by atoms with Crippen LogP contribution in [-0.2, 0) is 10.9 Å². The van der Waals surface area contributed by atoms with Gasteiger partial charge in [-0.1, -0.05) is 6.07 Å². The minimum atomic E-state index is -5.14. The van der Waals surface area contributed by atoms with Crippen LogP contribution in [0.4, 0.5) is 42.0 Å². The van der Waals surface area contributed by atoms with Gasteiger partial charge in [-0.25, -0.2) is 18.0 Å². The molecule has 52 heavy (non-hydrogen) atoms. The number of nitriles is 1. The van der Waals surface area contributed by atoms with E-state index in [1.54, 1.807) is 18.7 Å². The number of thiophene rings is 1. The first-order chi connectivity index (χ1) is 24.7. The Balaban J connectivity index is 1.46. The number of rotatable bonds is 7. The molecule has 3 saturated heterocycles. The van der Waals surface area contributed by atoms with Gasteiger partial charge in [-0.05, 0) is 57.4 Å². The summed E-state index contributed by atoms with van der Waals surface area (Å²) in [4.78, 5) is 26.7. The van der Waals surface area contributed by atoms with E-state index in [-0.39, 0.29) is 69.5 Å². The van der Waals surface area contributed by atoms with E-state index < -0.39 is 64.3 Å². The smallest absolute Gasteiger partial charge is 0.417 e. The van der Waals surface area contributed by atoms with Crippen molar-refractivity contribution in [2.75, 3.05) is 50.5 Å². The van der Waals surface area contributed by atoms with Gasteiger partial charge in [0.1, 0.15) is 41.0 Å². The molecule has 5 heterocycles. The Morgan fingerprint density at radius 1 is 1.25 bits per heavy atom. The summed E-state index contributed by atoms with van der Waals surface area (Å²) in [6.07, 6.45) is -4.68. The molecule has 0 aliphatic carbocycles. The van der Waals surface area contributed by atoms with Crippen LogP contribution < -0.4 is 15.4 Å². The number of nitrogens with zero attached hydrogens (tertiary/aromatic N) is 6. The monoisotopic (exact) mass is 747 g/mol. The number of carbonyl (C=O) groups excluding carboxylic acids is 1. The third kappa shape index (κ3) is 5.70. The molecule has 17 heteroatoms. The van der Waals surface area contributed by atoms with Crippen molar-refractivity contribution in [3.8, 4) is 23.2 Å². The van der Waals surface area contributed by atoms with Gasteiger partial charge in [-0.2, -0.15) is 28.4 Å². The first-order valence-corrected chi connectivity index (χ1v) is 17.7. The minimum absolute atomic E-state index is 0.0339. The standard InChI is InChI=1S/C35H35F6N7O3S/c1-4-47(24-8-11-48(17(24)2)33(49)50-3)31-20-12-22(35(39,40)41)26(19-6-7-23(37)29-25(19)21(14-42)30(43)52-29)27(38)28(20)44-32(45-31)51-16-34-9-5-10-46(34)15-18(36)13-34/h6-7,12,17-18,24H,4-5,8-11,13,15-16,43H2,1-3H3. The van der Waals surface area contributed by atoms with Gasteiger partial charge < -0.3 is 25.0 Å². The van der Waals surface area contributed by atoms with Gasteiger partial charge >= 0.3 is 18.3 Å². The van der Waals surface area contributed by atoms with Gasteiger partial charge in [0.05, 0.1) is 40.6 Å². The van der Waals surface area contributed by atoms with Crippen LogP contribution in [0.25, 0.3) is 32.1 Å². The Morgan fingerprint density at radius 2 is 2.02 bits per heavy atom. The van der Waals surface area contributed by atoms with Crippen LogP contribution in [0, 0.1) is 23.0 Å². The molecule has 2 aromatic carbocycles. The number of likely N-dealkylation sites (tertiary alicyclic amines) is 1. The first kappa shape index (κ1) is 35.8. The van der Waals surface area contributed by atoms with Crippen molar-refractivity contribution in [2.24, 2.45) is 0 Å². The SMILES string of the molecule is CCN(c1nc(OCC23CCCN2CC(F)C3)nc2c(F)c(-c3ccc(F)c4sc(N)c(C#N)c34)c(C(F)(F)F)cc12)C1CCN(C(=O)OC)C1C. The van der Waals surface area contributed by atoms with Crippen molar-refractivity contribution < 1.29 is 40.6 Å².